The zero-order chi connectivity index (χ0) is 29.1. The van der Waals surface area contributed by atoms with Gasteiger partial charge in [-0.3, -0.25) is 9.78 Å². The number of rotatable bonds is 8. The molecule has 0 spiro atoms. The predicted molar refractivity (Wildman–Crippen MR) is 151 cm³/mol. The van der Waals surface area contributed by atoms with E-state index < -0.39 is 23.1 Å². The third-order valence-electron chi connectivity index (χ3n) is 6.85. The lowest BCUT2D eigenvalue weighted by Crippen LogP contribution is -2.25. The van der Waals surface area contributed by atoms with Gasteiger partial charge in [0.15, 0.2) is 0 Å². The minimum atomic E-state index is -3.16. The summed E-state index contributed by atoms with van der Waals surface area (Å²) in [6.07, 6.45) is 4.00. The molecule has 2 aromatic carbocycles. The van der Waals surface area contributed by atoms with E-state index in [-0.39, 0.29) is 17.9 Å². The van der Waals surface area contributed by atoms with Crippen molar-refractivity contribution >= 4 is 17.9 Å². The Hall–Kier alpha value is -3.65. The summed E-state index contributed by atoms with van der Waals surface area (Å²) in [5, 5.41) is 2.83. The van der Waals surface area contributed by atoms with Crippen molar-refractivity contribution in [3.63, 3.8) is 0 Å². The molecule has 3 aromatic rings. The van der Waals surface area contributed by atoms with E-state index in [1.165, 1.54) is 12.3 Å². The quantitative estimate of drug-likeness (QED) is 0.299. The van der Waals surface area contributed by atoms with Gasteiger partial charge >= 0.3 is 0 Å². The third-order valence-corrected chi connectivity index (χ3v) is 6.85. The Balaban J connectivity index is 1.75. The molecule has 0 bridgehead atoms. The summed E-state index contributed by atoms with van der Waals surface area (Å²) < 4.78 is 39.5. The molecule has 8 heteroatoms. The number of aryl methyl sites for hydroxylation is 1. The number of carbonyl (C=O) groups excluding carboxylic acids is 2. The second-order valence-electron chi connectivity index (χ2n) is 11.3. The first-order valence-electron chi connectivity index (χ1n) is 13.5. The number of amides is 1. The maximum Gasteiger partial charge on any atom is 0.286 e. The number of hydrogen-bond acceptors (Lipinski definition) is 5. The Labute approximate surface area is 234 Å². The van der Waals surface area contributed by atoms with Crippen molar-refractivity contribution in [2.75, 3.05) is 18.5 Å². The van der Waals surface area contributed by atoms with Gasteiger partial charge in [-0.05, 0) is 105 Å². The van der Waals surface area contributed by atoms with E-state index in [1.54, 1.807) is 6.07 Å². The monoisotopic (exact) mass is 550 g/mol. The molecule has 4 rings (SSSR count). The minimum Gasteiger partial charge on any atom is -0.488 e. The van der Waals surface area contributed by atoms with Crippen LogP contribution in [0, 0.1) is 6.92 Å². The molecule has 2 heterocycles. The molecule has 1 aliphatic rings. The van der Waals surface area contributed by atoms with Crippen molar-refractivity contribution in [3.05, 3.63) is 76.6 Å². The highest BCUT2D eigenvalue weighted by atomic mass is 19.3. The summed E-state index contributed by atoms with van der Waals surface area (Å²) >= 11 is 0. The Morgan fingerprint density at radius 3 is 2.48 bits per heavy atom. The fourth-order valence-electron chi connectivity index (χ4n) is 4.88. The Morgan fingerprint density at radius 1 is 1.10 bits per heavy atom. The van der Waals surface area contributed by atoms with Gasteiger partial charge in [0.1, 0.15) is 23.3 Å². The number of alkyl halides is 2. The molecule has 1 N–H and O–H groups in total. The van der Waals surface area contributed by atoms with Gasteiger partial charge in [0.2, 0.25) is 0 Å². The summed E-state index contributed by atoms with van der Waals surface area (Å²) in [6.45, 7) is 10.0. The van der Waals surface area contributed by atoms with Gasteiger partial charge < -0.3 is 19.6 Å². The zero-order valence-corrected chi connectivity index (χ0v) is 23.6. The maximum atomic E-state index is 13.8. The molecule has 0 atom stereocenters. The SMILES string of the molecule is Cc1ccc(NC(=O)c2ccnc(C(C)(F)F)c2)cc1-c1cc(CC=O)c(OC(C)(C)C)c(C2CCOCC2)c1. The molecule has 0 unspecified atom stereocenters. The lowest BCUT2D eigenvalue weighted by molar-refractivity contribution is -0.107. The fraction of sp³-hybridized carbons (Fsp3) is 0.406. The lowest BCUT2D eigenvalue weighted by atomic mass is 9.85. The first kappa shape index (κ1) is 29.3. The summed E-state index contributed by atoms with van der Waals surface area (Å²) in [5.41, 5.74) is 4.32. The van der Waals surface area contributed by atoms with Crippen molar-refractivity contribution in [3.8, 4) is 16.9 Å². The molecule has 212 valence electrons. The van der Waals surface area contributed by atoms with E-state index in [2.05, 4.69) is 16.4 Å². The third kappa shape index (κ3) is 7.10. The molecule has 6 nitrogen and oxygen atoms in total. The zero-order valence-electron chi connectivity index (χ0n) is 23.6. The molecule has 0 aliphatic carbocycles. The summed E-state index contributed by atoms with van der Waals surface area (Å²) in [7, 11) is 0. The summed E-state index contributed by atoms with van der Waals surface area (Å²) in [4.78, 5) is 28.4. The van der Waals surface area contributed by atoms with E-state index in [1.807, 2.05) is 45.9 Å². The van der Waals surface area contributed by atoms with Gasteiger partial charge in [-0.15, -0.1) is 0 Å². The number of aldehydes is 1. The predicted octanol–water partition coefficient (Wildman–Crippen LogP) is 7.23. The van der Waals surface area contributed by atoms with E-state index in [4.69, 9.17) is 9.47 Å². The van der Waals surface area contributed by atoms with Crippen molar-refractivity contribution in [2.24, 2.45) is 0 Å². The number of aromatic nitrogens is 1. The van der Waals surface area contributed by atoms with Crippen LogP contribution in [-0.4, -0.2) is 36.0 Å². The molecular weight excluding hydrogens is 514 g/mol. The van der Waals surface area contributed by atoms with Crippen LogP contribution in [0.4, 0.5) is 14.5 Å². The second kappa shape index (κ2) is 11.8. The van der Waals surface area contributed by atoms with Crippen molar-refractivity contribution in [1.82, 2.24) is 4.98 Å². The van der Waals surface area contributed by atoms with Crippen molar-refractivity contribution < 1.29 is 27.8 Å². The summed E-state index contributed by atoms with van der Waals surface area (Å²) in [5.74, 6) is -2.70. The fourth-order valence-corrected chi connectivity index (χ4v) is 4.88. The highest BCUT2D eigenvalue weighted by Gasteiger charge is 2.28. The molecule has 1 aliphatic heterocycles. The molecule has 1 saturated heterocycles. The van der Waals surface area contributed by atoms with Gasteiger partial charge in [0, 0.05) is 49.6 Å². The first-order valence-corrected chi connectivity index (χ1v) is 13.5. The van der Waals surface area contributed by atoms with Crippen LogP contribution in [-0.2, 0) is 21.9 Å². The molecular formula is C32H36F2N2O4. The van der Waals surface area contributed by atoms with Gasteiger partial charge in [0.05, 0.1) is 0 Å². The Kier molecular flexibility index (Phi) is 8.68. The lowest BCUT2D eigenvalue weighted by Gasteiger charge is -2.30. The number of halogens is 2. The Morgan fingerprint density at radius 2 is 1.82 bits per heavy atom. The second-order valence-corrected chi connectivity index (χ2v) is 11.3. The number of nitrogens with zero attached hydrogens (tertiary/aromatic N) is 1. The highest BCUT2D eigenvalue weighted by molar-refractivity contribution is 6.04. The van der Waals surface area contributed by atoms with E-state index in [0.29, 0.717) is 18.9 Å². The van der Waals surface area contributed by atoms with Gasteiger partial charge in [-0.1, -0.05) is 6.07 Å². The van der Waals surface area contributed by atoms with Gasteiger partial charge in [0.25, 0.3) is 11.8 Å². The van der Waals surface area contributed by atoms with Gasteiger partial charge in [-0.25, -0.2) is 0 Å². The number of benzene rings is 2. The average molecular weight is 551 g/mol. The molecule has 1 aromatic heterocycles. The average Bonchev–Trinajstić information content (AvgIpc) is 2.90. The van der Waals surface area contributed by atoms with Gasteiger partial charge in [-0.2, -0.15) is 8.78 Å². The molecule has 40 heavy (non-hydrogen) atoms. The number of hydrogen-bond donors (Lipinski definition) is 1. The van der Waals surface area contributed by atoms with Crippen LogP contribution in [0.3, 0.4) is 0 Å². The molecule has 0 saturated carbocycles. The van der Waals surface area contributed by atoms with E-state index in [0.717, 1.165) is 65.7 Å². The maximum absolute atomic E-state index is 13.8. The number of nitrogens with one attached hydrogen (secondary N) is 1. The van der Waals surface area contributed by atoms with Crippen molar-refractivity contribution in [2.45, 2.75) is 71.3 Å². The van der Waals surface area contributed by atoms with Crippen LogP contribution in [0.1, 0.15) is 79.2 Å². The Bertz CT molecular complexity index is 1390. The van der Waals surface area contributed by atoms with E-state index in [9.17, 15) is 18.4 Å². The largest absolute Gasteiger partial charge is 0.488 e. The molecule has 0 radical (unpaired) electrons. The number of anilines is 1. The normalized spacial score (nSPS) is 14.6. The van der Waals surface area contributed by atoms with Crippen LogP contribution < -0.4 is 10.1 Å². The van der Waals surface area contributed by atoms with Crippen LogP contribution in [0.5, 0.6) is 5.75 Å². The first-order chi connectivity index (χ1) is 18.9. The van der Waals surface area contributed by atoms with Crippen LogP contribution in [0.25, 0.3) is 11.1 Å². The summed E-state index contributed by atoms with van der Waals surface area (Å²) in [6, 6.07) is 12.1. The van der Waals surface area contributed by atoms with Crippen molar-refractivity contribution in [1.29, 1.82) is 0 Å². The molecule has 1 amide bonds. The van der Waals surface area contributed by atoms with Crippen LogP contribution >= 0.6 is 0 Å². The standard InChI is InChI=1S/C32H36F2N2O4/c1-20-6-7-25(36-30(38)23-8-12-35-28(18-23)32(5,33)34)19-26(20)24-16-22(9-13-37)29(40-31(2,3)4)27(17-24)21-10-14-39-15-11-21/h6-8,12-13,16-19,21H,9-11,14-15H2,1-5H3,(H,36,38). The number of ether oxygens (including phenoxy) is 2. The number of carbonyl (C=O) groups is 2. The highest BCUT2D eigenvalue weighted by Crippen LogP contribution is 2.42. The molecule has 1 fully saturated rings. The smallest absolute Gasteiger partial charge is 0.286 e. The van der Waals surface area contributed by atoms with Crippen LogP contribution in [0.2, 0.25) is 0 Å². The minimum absolute atomic E-state index is 0.0902. The van der Waals surface area contributed by atoms with E-state index >= 15 is 0 Å². The number of pyridine rings is 1. The topological polar surface area (TPSA) is 77.5 Å². The van der Waals surface area contributed by atoms with Crippen LogP contribution in [0.15, 0.2) is 48.7 Å².